The van der Waals surface area contributed by atoms with Crippen molar-refractivity contribution in [3.8, 4) is 0 Å². The molecule has 0 amide bonds. The van der Waals surface area contributed by atoms with Gasteiger partial charge in [0.15, 0.2) is 33.3 Å². The van der Waals surface area contributed by atoms with Crippen LogP contribution in [0.2, 0.25) is 76.6 Å². The van der Waals surface area contributed by atoms with Gasteiger partial charge < -0.3 is 76.6 Å². The van der Waals surface area contributed by atoms with Gasteiger partial charge in [0, 0.05) is 26.4 Å². The Labute approximate surface area is 705 Å². The molecule has 4 bridgehead atoms. The first-order valence-corrected chi connectivity index (χ1v) is 63.0. The third kappa shape index (κ3) is 17.8. The summed E-state index contributed by atoms with van der Waals surface area (Å²) in [6.07, 6.45) is 2.96. The summed E-state index contributed by atoms with van der Waals surface area (Å²) in [5.41, 5.74) is 4.63. The van der Waals surface area contributed by atoms with Gasteiger partial charge in [0.25, 0.3) is 0 Å². The molecule has 16 aromatic carbocycles. The van der Waals surface area contributed by atoms with E-state index >= 15 is 0 Å². The number of hydrogen-bond donors (Lipinski definition) is 0. The third-order valence-electron chi connectivity index (χ3n) is 22.9. The van der Waals surface area contributed by atoms with Crippen molar-refractivity contribution >= 4 is 239 Å². The molecule has 0 unspecified atom stereocenters. The van der Waals surface area contributed by atoms with E-state index in [4.69, 9.17) is 76.6 Å². The van der Waals surface area contributed by atoms with Gasteiger partial charge in [0.1, 0.15) is 0 Å². The maximum absolute atomic E-state index is 7.10. The average molecular weight is 1770 g/mol. The van der Waals surface area contributed by atoms with Crippen molar-refractivity contribution in [3.63, 3.8) is 0 Å². The highest BCUT2D eigenvalue weighted by molar-refractivity contribution is 6.85. The van der Waals surface area contributed by atoms with Crippen molar-refractivity contribution in [1.29, 1.82) is 0 Å². The predicted octanol–water partition coefficient (Wildman–Crippen LogP) is 21.0. The lowest BCUT2D eigenvalue weighted by molar-refractivity contribution is 0.0887. The van der Waals surface area contributed by atoms with Gasteiger partial charge in [0.05, 0.1) is 26.4 Å². The van der Waals surface area contributed by atoms with Crippen LogP contribution in [0.25, 0.3) is 129 Å². The van der Waals surface area contributed by atoms with Crippen molar-refractivity contribution in [2.24, 2.45) is 0 Å². The minimum atomic E-state index is -3.00. The van der Waals surface area contributed by atoms with Crippen molar-refractivity contribution in [3.05, 3.63) is 241 Å². The fraction of sp³-hybridized carbons (Fsp3) is 0.273. The van der Waals surface area contributed by atoms with Crippen LogP contribution in [0.3, 0.4) is 0 Å². The second kappa shape index (κ2) is 34.7. The van der Waals surface area contributed by atoms with Crippen molar-refractivity contribution in [2.45, 2.75) is 129 Å². The van der Waals surface area contributed by atoms with Gasteiger partial charge in [-0.2, -0.15) is 0 Å². The lowest BCUT2D eigenvalue weighted by atomic mass is 9.92. The highest BCUT2D eigenvalue weighted by atomic mass is 28.6. The zero-order chi connectivity index (χ0) is 80.3. The number of benzene rings is 16. The molecule has 3 aliphatic heterocycles. The minimum absolute atomic E-state index is 0.478. The predicted molar refractivity (Wildman–Crippen MR) is 488 cm³/mol. The zero-order valence-corrected chi connectivity index (χ0v) is 79.4. The molecule has 30 heteroatoms. The van der Waals surface area contributed by atoms with Crippen molar-refractivity contribution in [2.75, 3.05) is 26.4 Å². The summed E-state index contributed by atoms with van der Waals surface area (Å²) in [6.45, 7) is 21.3. The minimum Gasteiger partial charge on any atom is -0.414 e. The summed E-state index contributed by atoms with van der Waals surface area (Å²) in [6, 6.07) is 82.1. The summed E-state index contributed by atoms with van der Waals surface area (Å²) in [7, 11) is -33.6. The number of ether oxygens (including phenoxy) is 4. The van der Waals surface area contributed by atoms with Crippen LogP contribution in [-0.4, -0.2) is 136 Å². The van der Waals surface area contributed by atoms with Crippen molar-refractivity contribution < 1.29 is 76.6 Å². The molecule has 3 aliphatic rings. The van der Waals surface area contributed by atoms with E-state index in [1.807, 2.05) is 0 Å². The molecule has 0 atom stereocenters. The summed E-state index contributed by atoms with van der Waals surface area (Å²) in [4.78, 5) is 0. The Morgan fingerprint density at radius 3 is 0.593 bits per heavy atom. The summed E-state index contributed by atoms with van der Waals surface area (Å²) in [5.74, 6) is 0. The smallest absolute Gasteiger partial charge is 0.414 e. The Hall–Kier alpha value is -6.44. The van der Waals surface area contributed by atoms with Gasteiger partial charge in [-0.3, -0.25) is 0 Å². The normalized spacial score (nSPS) is 16.7. The second-order valence-electron chi connectivity index (χ2n) is 33.4. The highest BCUT2D eigenvalue weighted by Crippen LogP contribution is 2.42. The van der Waals surface area contributed by atoms with E-state index in [2.05, 4.69) is 271 Å². The molecule has 8 radical (unpaired) electrons. The van der Waals surface area contributed by atoms with Gasteiger partial charge >= 0.3 is 76.2 Å². The maximum atomic E-state index is 7.10. The van der Waals surface area contributed by atoms with Crippen molar-refractivity contribution in [1.82, 2.24) is 0 Å². The number of rotatable bonds is 32. The monoisotopic (exact) mass is 1770 g/mol. The van der Waals surface area contributed by atoms with Crippen LogP contribution in [0.1, 0.15) is 47.9 Å². The van der Waals surface area contributed by atoms with Crippen LogP contribution in [-0.2, 0) is 103 Å². The van der Waals surface area contributed by atoms with Gasteiger partial charge in [-0.15, -0.1) is 0 Å². The average Bonchev–Trinajstić information content (AvgIpc) is 1.37. The molecule has 0 aliphatic carbocycles. The van der Waals surface area contributed by atoms with Gasteiger partial charge in [-0.1, -0.05) is 218 Å². The maximum Gasteiger partial charge on any atom is 0.553 e. The molecule has 3 heterocycles. The summed E-state index contributed by atoms with van der Waals surface area (Å²) in [5, 5.41) is 29.9. The Balaban J connectivity index is 0.546. The Morgan fingerprint density at radius 2 is 0.390 bits per heavy atom. The fourth-order valence-electron chi connectivity index (χ4n) is 17.1. The Kier molecular flexibility index (Phi) is 23.9. The molecule has 3 fully saturated rings. The molecular formula is C88H92O18Si12. The molecule has 118 heavy (non-hydrogen) atoms. The van der Waals surface area contributed by atoms with Crippen LogP contribution in [0.4, 0.5) is 0 Å². The van der Waals surface area contributed by atoms with E-state index in [0.29, 0.717) is 52.9 Å². The molecule has 16 aromatic rings. The fourth-order valence-corrected chi connectivity index (χ4v) is 48.4. The van der Waals surface area contributed by atoms with Crippen LogP contribution >= 0.6 is 0 Å². The Bertz CT molecular complexity index is 5420. The molecule has 0 saturated carbocycles. The molecule has 0 aromatic heterocycles. The van der Waals surface area contributed by atoms with E-state index in [-0.39, 0.29) is 0 Å². The molecule has 0 spiro atoms. The van der Waals surface area contributed by atoms with Crippen LogP contribution in [0.5, 0.6) is 0 Å². The molecule has 3 saturated heterocycles. The first kappa shape index (κ1) is 81.2. The standard InChI is InChI=1S/C88H92O18Si12/c1-115(2,53-13-49-89-57-73-37-33-69-29-25-61-17-9-21-65-41-45-77(73)85(69)81(61)65)103-111-95-107-93-109-99-113(105-117(5,6)55-15-51-91-59-75-39-35-71-31-27-63-19-11-23-67-43-47-79(75)87(71)83(63)67)100-110(102-114(101-109)106-118(7,8)56-16-52-92-60-76-40-36-72-32-28-64-20-12-24-68-44-48-80(76)88(72)84(64)68)94-108(96-111)98-112(97-107)104-116(3,4)54-14-50-90-58-74-38-34-70-30-26-62-18-10-22-66-42-46-78(74)86(70)82(62)66/h9-12,17-48H,13-16,49-60H2,1-8H3. The van der Waals surface area contributed by atoms with E-state index in [9.17, 15) is 0 Å². The third-order valence-corrected chi connectivity index (χ3v) is 54.0. The zero-order valence-electron chi connectivity index (χ0n) is 67.4. The number of fused-ring (bicyclic) bond motifs is 8. The molecule has 19 rings (SSSR count). The van der Waals surface area contributed by atoms with Gasteiger partial charge in [-0.25, -0.2) is 0 Å². The van der Waals surface area contributed by atoms with E-state index in [0.717, 1.165) is 72.1 Å². The lowest BCUT2D eigenvalue weighted by Crippen LogP contribution is -2.63. The summed E-state index contributed by atoms with van der Waals surface area (Å²) >= 11 is 0. The molecule has 18 nitrogen and oxygen atoms in total. The Morgan fingerprint density at radius 1 is 0.212 bits per heavy atom. The summed E-state index contributed by atoms with van der Waals surface area (Å²) < 4.78 is 125. The van der Waals surface area contributed by atoms with Crippen LogP contribution in [0, 0.1) is 0 Å². The van der Waals surface area contributed by atoms with E-state index < -0.39 is 109 Å². The largest absolute Gasteiger partial charge is 0.553 e. The molecular weight excluding hydrogens is 1680 g/mol. The highest BCUT2D eigenvalue weighted by Gasteiger charge is 2.56. The van der Waals surface area contributed by atoms with Gasteiger partial charge in [0.2, 0.25) is 0 Å². The van der Waals surface area contributed by atoms with E-state index in [1.54, 1.807) is 0 Å². The quantitative estimate of drug-likeness (QED) is 0.0222. The SMILES string of the molecule is C[Si](C)(CCCOCc1ccc2ccc3cccc4ccc1c2c34)O[Si]1O[Si]2O[Si]3O[Si](O[Si](C)(C)CCCOCc4ccc5ccc6cccc7ccc4c5c67)O[Si](O[Si](O1)O[Si](O[Si](C)(C)CCCOCc1ccc4ccc5cccc6ccc1c4c56)O2)O[Si](O[Si](C)(C)CCCOCc1ccc2ccc4cccc5ccc1c2c45)O3. The topological polar surface area (TPSA) is 166 Å². The van der Waals surface area contributed by atoms with E-state index in [1.165, 1.54) is 129 Å². The van der Waals surface area contributed by atoms with Crippen LogP contribution < -0.4 is 0 Å². The van der Waals surface area contributed by atoms with Crippen LogP contribution in [0.15, 0.2) is 218 Å². The first-order chi connectivity index (χ1) is 57.3. The lowest BCUT2D eigenvalue weighted by Gasteiger charge is -2.38. The second-order valence-corrected chi connectivity index (χ2v) is 64.9. The molecule has 0 N–H and O–H groups in total. The van der Waals surface area contributed by atoms with Gasteiger partial charge in [-0.05, 0) is 254 Å². The first-order valence-electron chi connectivity index (χ1n) is 40.8. The number of hydrogen-bond acceptors (Lipinski definition) is 18. The molecule has 600 valence electrons.